The van der Waals surface area contributed by atoms with E-state index >= 15 is 0 Å². The number of nitrogens with two attached hydrogens (primary N) is 1. The lowest BCUT2D eigenvalue weighted by atomic mass is 10.1. The summed E-state index contributed by atoms with van der Waals surface area (Å²) in [5, 5.41) is 2.98. The van der Waals surface area contributed by atoms with E-state index in [4.69, 9.17) is 5.73 Å². The van der Waals surface area contributed by atoms with Crippen LogP contribution in [0.15, 0.2) is 24.3 Å². The zero-order valence-electron chi connectivity index (χ0n) is 11.6. The molecule has 1 saturated heterocycles. The second-order valence-electron chi connectivity index (χ2n) is 5.24. The van der Waals surface area contributed by atoms with Gasteiger partial charge in [0.25, 0.3) is 0 Å². The molecule has 1 aromatic carbocycles. The molecule has 1 unspecified atom stereocenters. The number of likely N-dealkylation sites (N-methyl/N-ethyl adjacent to an activating group) is 1. The van der Waals surface area contributed by atoms with E-state index in [9.17, 15) is 4.79 Å². The SMILES string of the molecule is CN(Cc1ccc(CN)cc1)C1CCCCNC1=O. The van der Waals surface area contributed by atoms with Crippen LogP contribution in [-0.2, 0) is 17.9 Å². The lowest BCUT2D eigenvalue weighted by Crippen LogP contribution is -2.43. The minimum Gasteiger partial charge on any atom is -0.355 e. The highest BCUT2D eigenvalue weighted by atomic mass is 16.2. The first-order chi connectivity index (χ1) is 9.20. The quantitative estimate of drug-likeness (QED) is 0.857. The van der Waals surface area contributed by atoms with Crippen LogP contribution in [0.2, 0.25) is 0 Å². The van der Waals surface area contributed by atoms with Crippen molar-refractivity contribution in [3.63, 3.8) is 0 Å². The van der Waals surface area contributed by atoms with E-state index < -0.39 is 0 Å². The fourth-order valence-electron chi connectivity index (χ4n) is 2.52. The smallest absolute Gasteiger partial charge is 0.237 e. The summed E-state index contributed by atoms with van der Waals surface area (Å²) in [6, 6.07) is 8.28. The minimum absolute atomic E-state index is 0.00307. The van der Waals surface area contributed by atoms with Crippen LogP contribution in [0.3, 0.4) is 0 Å². The van der Waals surface area contributed by atoms with E-state index in [0.717, 1.165) is 37.9 Å². The van der Waals surface area contributed by atoms with Crippen LogP contribution in [0.25, 0.3) is 0 Å². The van der Waals surface area contributed by atoms with Crippen molar-refractivity contribution in [3.8, 4) is 0 Å². The molecular formula is C15H23N3O. The first kappa shape index (κ1) is 14.0. The first-order valence-corrected chi connectivity index (χ1v) is 6.96. The second kappa shape index (κ2) is 6.68. The van der Waals surface area contributed by atoms with Gasteiger partial charge in [-0.05, 0) is 37.4 Å². The minimum atomic E-state index is -0.00307. The summed E-state index contributed by atoms with van der Waals surface area (Å²) in [4.78, 5) is 14.1. The standard InChI is InChI=1S/C15H23N3O/c1-18(14-4-2-3-9-17-15(14)19)11-13-7-5-12(10-16)6-8-13/h5-8,14H,2-4,9-11,16H2,1H3,(H,17,19). The molecule has 1 aliphatic heterocycles. The third-order valence-corrected chi connectivity index (χ3v) is 3.73. The Morgan fingerprint density at radius 2 is 1.95 bits per heavy atom. The molecule has 0 aromatic heterocycles. The van der Waals surface area contributed by atoms with Gasteiger partial charge in [0.15, 0.2) is 0 Å². The van der Waals surface area contributed by atoms with Crippen molar-refractivity contribution in [2.45, 2.75) is 38.4 Å². The Labute approximate surface area is 115 Å². The van der Waals surface area contributed by atoms with Gasteiger partial charge in [0.1, 0.15) is 0 Å². The normalized spacial score (nSPS) is 20.2. The Morgan fingerprint density at radius 3 is 2.63 bits per heavy atom. The fraction of sp³-hybridized carbons (Fsp3) is 0.533. The van der Waals surface area contributed by atoms with Crippen molar-refractivity contribution in [1.29, 1.82) is 0 Å². The van der Waals surface area contributed by atoms with Gasteiger partial charge in [0, 0.05) is 19.6 Å². The number of benzene rings is 1. The van der Waals surface area contributed by atoms with Gasteiger partial charge in [0.05, 0.1) is 6.04 Å². The zero-order chi connectivity index (χ0) is 13.7. The predicted octanol–water partition coefficient (Wildman–Crippen LogP) is 1.25. The molecule has 0 bridgehead atoms. The van der Waals surface area contributed by atoms with E-state index in [1.807, 2.05) is 7.05 Å². The van der Waals surface area contributed by atoms with Crippen molar-refractivity contribution in [1.82, 2.24) is 10.2 Å². The maximum Gasteiger partial charge on any atom is 0.237 e. The Bertz CT molecular complexity index is 416. The van der Waals surface area contributed by atoms with Crippen molar-refractivity contribution in [2.75, 3.05) is 13.6 Å². The average molecular weight is 261 g/mol. The topological polar surface area (TPSA) is 58.4 Å². The number of nitrogens with one attached hydrogen (secondary N) is 1. The molecule has 1 aliphatic rings. The number of rotatable bonds is 4. The molecule has 0 aliphatic carbocycles. The van der Waals surface area contributed by atoms with Crippen LogP contribution in [0, 0.1) is 0 Å². The van der Waals surface area contributed by atoms with Crippen molar-refractivity contribution < 1.29 is 4.79 Å². The Kier molecular flexibility index (Phi) is 4.93. The number of hydrogen-bond donors (Lipinski definition) is 2. The van der Waals surface area contributed by atoms with E-state index in [1.54, 1.807) is 0 Å². The monoisotopic (exact) mass is 261 g/mol. The van der Waals surface area contributed by atoms with Crippen LogP contribution < -0.4 is 11.1 Å². The van der Waals surface area contributed by atoms with Gasteiger partial charge in [-0.15, -0.1) is 0 Å². The molecule has 0 spiro atoms. The molecule has 19 heavy (non-hydrogen) atoms. The maximum absolute atomic E-state index is 12.0. The van der Waals surface area contributed by atoms with Gasteiger partial charge < -0.3 is 11.1 Å². The molecule has 1 heterocycles. The van der Waals surface area contributed by atoms with Gasteiger partial charge in [-0.2, -0.15) is 0 Å². The van der Waals surface area contributed by atoms with Crippen LogP contribution >= 0.6 is 0 Å². The van der Waals surface area contributed by atoms with Crippen LogP contribution in [0.5, 0.6) is 0 Å². The van der Waals surface area contributed by atoms with E-state index in [-0.39, 0.29) is 11.9 Å². The molecular weight excluding hydrogens is 238 g/mol. The van der Waals surface area contributed by atoms with Crippen molar-refractivity contribution in [3.05, 3.63) is 35.4 Å². The predicted molar refractivity (Wildman–Crippen MR) is 76.4 cm³/mol. The van der Waals surface area contributed by atoms with Gasteiger partial charge in [-0.1, -0.05) is 24.3 Å². The highest BCUT2D eigenvalue weighted by Crippen LogP contribution is 2.14. The number of carbonyl (C=O) groups is 1. The number of carbonyl (C=O) groups excluding carboxylic acids is 1. The molecule has 1 amide bonds. The molecule has 1 fully saturated rings. The summed E-state index contributed by atoms with van der Waals surface area (Å²) >= 11 is 0. The largest absolute Gasteiger partial charge is 0.355 e. The Hall–Kier alpha value is -1.39. The molecule has 1 aromatic rings. The molecule has 3 N–H and O–H groups in total. The van der Waals surface area contributed by atoms with E-state index in [1.165, 1.54) is 5.56 Å². The summed E-state index contributed by atoms with van der Waals surface area (Å²) in [5.74, 6) is 0.165. The molecule has 4 nitrogen and oxygen atoms in total. The fourth-order valence-corrected chi connectivity index (χ4v) is 2.52. The van der Waals surface area contributed by atoms with Crippen molar-refractivity contribution >= 4 is 5.91 Å². The number of nitrogens with zero attached hydrogens (tertiary/aromatic N) is 1. The van der Waals surface area contributed by atoms with Gasteiger partial charge >= 0.3 is 0 Å². The summed E-state index contributed by atoms with van der Waals surface area (Å²) < 4.78 is 0. The molecule has 104 valence electrons. The number of amides is 1. The van der Waals surface area contributed by atoms with E-state index in [0.29, 0.717) is 6.54 Å². The maximum atomic E-state index is 12.0. The van der Waals surface area contributed by atoms with Gasteiger partial charge in [-0.3, -0.25) is 9.69 Å². The Balaban J connectivity index is 1.98. The molecule has 1 atom stereocenters. The average Bonchev–Trinajstić information content (AvgIpc) is 2.64. The van der Waals surface area contributed by atoms with E-state index in [2.05, 4.69) is 34.5 Å². The first-order valence-electron chi connectivity index (χ1n) is 6.96. The Morgan fingerprint density at radius 1 is 1.26 bits per heavy atom. The summed E-state index contributed by atoms with van der Waals surface area (Å²) in [5.41, 5.74) is 7.95. The van der Waals surface area contributed by atoms with Crippen LogP contribution in [-0.4, -0.2) is 30.4 Å². The highest BCUT2D eigenvalue weighted by molar-refractivity contribution is 5.81. The highest BCUT2D eigenvalue weighted by Gasteiger charge is 2.24. The molecule has 4 heteroatoms. The molecule has 0 saturated carbocycles. The van der Waals surface area contributed by atoms with Gasteiger partial charge in [-0.25, -0.2) is 0 Å². The summed E-state index contributed by atoms with van der Waals surface area (Å²) in [7, 11) is 2.02. The molecule has 2 rings (SSSR count). The van der Waals surface area contributed by atoms with Crippen molar-refractivity contribution in [2.24, 2.45) is 5.73 Å². The lowest BCUT2D eigenvalue weighted by Gasteiger charge is -2.25. The van der Waals surface area contributed by atoms with Crippen LogP contribution in [0.1, 0.15) is 30.4 Å². The summed E-state index contributed by atoms with van der Waals surface area (Å²) in [6.45, 7) is 2.18. The number of hydrogen-bond acceptors (Lipinski definition) is 3. The van der Waals surface area contributed by atoms with Gasteiger partial charge in [0.2, 0.25) is 5.91 Å². The second-order valence-corrected chi connectivity index (χ2v) is 5.24. The molecule has 0 radical (unpaired) electrons. The third-order valence-electron chi connectivity index (χ3n) is 3.73. The lowest BCUT2D eigenvalue weighted by molar-refractivity contribution is -0.125. The third kappa shape index (κ3) is 3.78. The van der Waals surface area contributed by atoms with Crippen LogP contribution in [0.4, 0.5) is 0 Å². The summed E-state index contributed by atoms with van der Waals surface area (Å²) in [6.07, 6.45) is 3.14. The zero-order valence-corrected chi connectivity index (χ0v) is 11.6.